The highest BCUT2D eigenvalue weighted by Gasteiger charge is 2.11. The maximum atomic E-state index is 5.36. The van der Waals surface area contributed by atoms with E-state index >= 15 is 0 Å². The predicted molar refractivity (Wildman–Crippen MR) is 76.7 cm³/mol. The zero-order chi connectivity index (χ0) is 13.2. The second kappa shape index (κ2) is 4.78. The van der Waals surface area contributed by atoms with E-state index in [1.54, 1.807) is 19.6 Å². The van der Waals surface area contributed by atoms with Gasteiger partial charge in [-0.15, -0.1) is 0 Å². The maximum Gasteiger partial charge on any atom is 0.179 e. The molecule has 0 spiro atoms. The van der Waals surface area contributed by atoms with Crippen molar-refractivity contribution in [1.29, 1.82) is 0 Å². The van der Waals surface area contributed by atoms with E-state index in [1.807, 2.05) is 30.3 Å². The van der Waals surface area contributed by atoms with Crippen molar-refractivity contribution in [3.05, 3.63) is 47.5 Å². The van der Waals surface area contributed by atoms with Crippen LogP contribution >= 0.6 is 12.2 Å². The first-order chi connectivity index (χ1) is 9.31. The Hall–Kier alpha value is -2.27. The molecule has 1 N–H and O–H groups in total. The summed E-state index contributed by atoms with van der Waals surface area (Å²) in [7, 11) is 1.59. The number of pyridine rings is 1. The molecule has 0 atom stereocenters. The fraction of sp³-hybridized carbons (Fsp3) is 0.0714. The largest absolute Gasteiger partial charge is 0.491 e. The van der Waals surface area contributed by atoms with Crippen LogP contribution in [0.2, 0.25) is 0 Å². The quantitative estimate of drug-likeness (QED) is 0.725. The van der Waals surface area contributed by atoms with Crippen molar-refractivity contribution in [2.75, 3.05) is 7.11 Å². The number of aromatic nitrogens is 3. The standard InChI is InChI=1S/C14H11N3OS/c1-18-13-12(16-8-17-14(13)19)10-4-2-6-11-9(10)5-3-7-15-11/h2-8H,1H3,(H,16,17,19). The van der Waals surface area contributed by atoms with Crippen LogP contribution in [0.15, 0.2) is 42.9 Å². The lowest BCUT2D eigenvalue weighted by molar-refractivity contribution is 0.411. The van der Waals surface area contributed by atoms with Gasteiger partial charge in [-0.3, -0.25) is 4.98 Å². The van der Waals surface area contributed by atoms with E-state index in [-0.39, 0.29) is 0 Å². The van der Waals surface area contributed by atoms with Crippen LogP contribution in [0.25, 0.3) is 22.2 Å². The third-order valence-corrected chi connectivity index (χ3v) is 3.22. The maximum absolute atomic E-state index is 5.36. The van der Waals surface area contributed by atoms with Gasteiger partial charge in [0.15, 0.2) is 10.4 Å². The second-order valence-electron chi connectivity index (χ2n) is 3.99. The Kier molecular flexibility index (Phi) is 2.97. The lowest BCUT2D eigenvalue weighted by atomic mass is 10.0. The molecular weight excluding hydrogens is 258 g/mol. The lowest BCUT2D eigenvalue weighted by Gasteiger charge is -2.10. The van der Waals surface area contributed by atoms with Gasteiger partial charge >= 0.3 is 0 Å². The van der Waals surface area contributed by atoms with Crippen molar-refractivity contribution in [3.8, 4) is 17.0 Å². The summed E-state index contributed by atoms with van der Waals surface area (Å²) in [6.45, 7) is 0. The smallest absolute Gasteiger partial charge is 0.179 e. The van der Waals surface area contributed by atoms with Crippen LogP contribution in [-0.4, -0.2) is 22.1 Å². The third-order valence-electron chi connectivity index (χ3n) is 2.93. The first kappa shape index (κ1) is 11.8. The summed E-state index contributed by atoms with van der Waals surface area (Å²) in [4.78, 5) is 11.5. The number of benzene rings is 1. The van der Waals surface area contributed by atoms with E-state index in [4.69, 9.17) is 17.0 Å². The summed E-state index contributed by atoms with van der Waals surface area (Å²) in [5.74, 6) is 0.578. The van der Waals surface area contributed by atoms with Crippen molar-refractivity contribution >= 4 is 23.1 Å². The van der Waals surface area contributed by atoms with Crippen molar-refractivity contribution < 1.29 is 4.74 Å². The third kappa shape index (κ3) is 1.98. The van der Waals surface area contributed by atoms with Crippen molar-refractivity contribution in [2.45, 2.75) is 0 Å². The number of rotatable bonds is 2. The predicted octanol–water partition coefficient (Wildman–Crippen LogP) is 3.36. The lowest BCUT2D eigenvalue weighted by Crippen LogP contribution is -1.95. The molecule has 5 heteroatoms. The van der Waals surface area contributed by atoms with Gasteiger partial charge in [0.2, 0.25) is 0 Å². The average Bonchev–Trinajstić information content (AvgIpc) is 2.46. The molecule has 0 saturated heterocycles. The van der Waals surface area contributed by atoms with Crippen molar-refractivity contribution in [2.24, 2.45) is 0 Å². The number of nitrogens with one attached hydrogen (secondary N) is 1. The van der Waals surface area contributed by atoms with Gasteiger partial charge in [0.1, 0.15) is 0 Å². The summed E-state index contributed by atoms with van der Waals surface area (Å²) in [5.41, 5.74) is 2.75. The van der Waals surface area contributed by atoms with E-state index in [0.29, 0.717) is 10.4 Å². The Morgan fingerprint density at radius 3 is 2.89 bits per heavy atom. The molecule has 0 saturated carbocycles. The summed E-state index contributed by atoms with van der Waals surface area (Å²) in [6.07, 6.45) is 3.35. The van der Waals surface area contributed by atoms with Crippen LogP contribution in [0.4, 0.5) is 0 Å². The number of aromatic amines is 1. The number of fused-ring (bicyclic) bond motifs is 1. The number of hydrogen-bond acceptors (Lipinski definition) is 4. The van der Waals surface area contributed by atoms with Crippen molar-refractivity contribution in [3.63, 3.8) is 0 Å². The highest BCUT2D eigenvalue weighted by Crippen LogP contribution is 2.32. The van der Waals surface area contributed by atoms with Crippen molar-refractivity contribution in [1.82, 2.24) is 15.0 Å². The van der Waals surface area contributed by atoms with Crippen LogP contribution in [0, 0.1) is 4.64 Å². The molecule has 0 bridgehead atoms. The highest BCUT2D eigenvalue weighted by molar-refractivity contribution is 7.71. The second-order valence-corrected chi connectivity index (χ2v) is 4.38. The van der Waals surface area contributed by atoms with Crippen LogP contribution < -0.4 is 4.74 Å². The van der Waals surface area contributed by atoms with Crippen LogP contribution in [-0.2, 0) is 0 Å². The van der Waals surface area contributed by atoms with Gasteiger partial charge in [0, 0.05) is 17.1 Å². The minimum Gasteiger partial charge on any atom is -0.491 e. The van der Waals surface area contributed by atoms with Gasteiger partial charge in [-0.05, 0) is 12.1 Å². The average molecular weight is 269 g/mol. The molecule has 19 heavy (non-hydrogen) atoms. The molecule has 0 aliphatic carbocycles. The summed E-state index contributed by atoms with van der Waals surface area (Å²) in [6, 6.07) is 9.87. The normalized spacial score (nSPS) is 10.6. The van der Waals surface area contributed by atoms with Crippen LogP contribution in [0.1, 0.15) is 0 Å². The van der Waals surface area contributed by atoms with Gasteiger partial charge in [-0.1, -0.05) is 30.4 Å². The van der Waals surface area contributed by atoms with Gasteiger partial charge < -0.3 is 9.72 Å². The molecule has 2 heterocycles. The molecule has 3 aromatic rings. The van der Waals surface area contributed by atoms with E-state index < -0.39 is 0 Å². The summed E-state index contributed by atoms with van der Waals surface area (Å²) < 4.78 is 5.80. The molecule has 0 aliphatic heterocycles. The first-order valence-electron chi connectivity index (χ1n) is 5.77. The SMILES string of the molecule is COc1c(-c2cccc3ncccc23)[nH]cnc1=S. The Bertz CT molecular complexity index is 793. The number of hydrogen-bond donors (Lipinski definition) is 1. The van der Waals surface area contributed by atoms with E-state index in [1.165, 1.54) is 0 Å². The van der Waals surface area contributed by atoms with Crippen LogP contribution in [0.3, 0.4) is 0 Å². The number of nitrogens with zero attached hydrogens (tertiary/aromatic N) is 2. The van der Waals surface area contributed by atoms with Gasteiger partial charge in [-0.2, -0.15) is 0 Å². The number of ether oxygens (including phenoxy) is 1. The molecule has 3 rings (SSSR count). The van der Waals surface area contributed by atoms with E-state index in [0.717, 1.165) is 22.2 Å². The molecule has 4 nitrogen and oxygen atoms in total. The minimum absolute atomic E-state index is 0.442. The fourth-order valence-corrected chi connectivity index (χ4v) is 2.34. The summed E-state index contributed by atoms with van der Waals surface area (Å²) in [5, 5.41) is 1.04. The minimum atomic E-state index is 0.442. The zero-order valence-corrected chi connectivity index (χ0v) is 11.1. The van der Waals surface area contributed by atoms with Gasteiger partial charge in [0.25, 0.3) is 0 Å². The molecule has 0 amide bonds. The zero-order valence-electron chi connectivity index (χ0n) is 10.3. The Balaban J connectivity index is 2.37. The molecule has 0 aliphatic rings. The summed E-state index contributed by atoms with van der Waals surface area (Å²) >= 11 is 5.19. The Labute approximate surface area is 115 Å². The highest BCUT2D eigenvalue weighted by atomic mass is 32.1. The monoisotopic (exact) mass is 269 g/mol. The molecular formula is C14H11N3OS. The van der Waals surface area contributed by atoms with Crippen LogP contribution in [0.5, 0.6) is 5.75 Å². The molecule has 1 aromatic carbocycles. The number of H-pyrrole nitrogens is 1. The molecule has 0 unspecified atom stereocenters. The van der Waals surface area contributed by atoms with E-state index in [9.17, 15) is 0 Å². The Morgan fingerprint density at radius 1 is 1.16 bits per heavy atom. The van der Waals surface area contributed by atoms with E-state index in [2.05, 4.69) is 15.0 Å². The Morgan fingerprint density at radius 2 is 2.05 bits per heavy atom. The first-order valence-corrected chi connectivity index (χ1v) is 6.18. The number of methoxy groups -OCH3 is 1. The van der Waals surface area contributed by atoms with Gasteiger partial charge in [0.05, 0.1) is 24.6 Å². The molecule has 0 radical (unpaired) electrons. The molecule has 2 aromatic heterocycles. The fourth-order valence-electron chi connectivity index (χ4n) is 2.10. The molecule has 94 valence electrons. The molecule has 0 fully saturated rings. The van der Waals surface area contributed by atoms with Gasteiger partial charge in [-0.25, -0.2) is 4.98 Å². The topological polar surface area (TPSA) is 50.8 Å².